The van der Waals surface area contributed by atoms with Crippen LogP contribution in [0.5, 0.6) is 0 Å². The SMILES string of the molecule is Cn1c(=O)[nH]c2ccc(C(=O)NC3(c4ncon4)CCOCC3)cc21. The molecule has 130 valence electrons. The zero-order valence-electron chi connectivity index (χ0n) is 13.6. The topological polar surface area (TPSA) is 115 Å². The maximum atomic E-state index is 12.8. The fourth-order valence-corrected chi connectivity index (χ4v) is 3.16. The van der Waals surface area contributed by atoms with E-state index in [0.717, 1.165) is 0 Å². The molecule has 1 amide bonds. The molecule has 3 aromatic rings. The van der Waals surface area contributed by atoms with E-state index in [-0.39, 0.29) is 11.6 Å². The number of ether oxygens (including phenoxy) is 1. The molecule has 1 aliphatic rings. The lowest BCUT2D eigenvalue weighted by atomic mass is 9.88. The van der Waals surface area contributed by atoms with Crippen LogP contribution in [0.4, 0.5) is 0 Å². The van der Waals surface area contributed by atoms with Gasteiger partial charge in [0.2, 0.25) is 6.39 Å². The highest BCUT2D eigenvalue weighted by molar-refractivity contribution is 5.97. The molecule has 0 saturated carbocycles. The molecular formula is C16H17N5O4. The Labute approximate surface area is 142 Å². The van der Waals surface area contributed by atoms with E-state index in [1.54, 1.807) is 25.2 Å². The lowest BCUT2D eigenvalue weighted by Gasteiger charge is -2.35. The number of imidazole rings is 1. The van der Waals surface area contributed by atoms with Crippen LogP contribution in [-0.2, 0) is 17.3 Å². The number of amides is 1. The Bertz CT molecular complexity index is 966. The van der Waals surface area contributed by atoms with Crippen LogP contribution in [0.25, 0.3) is 11.0 Å². The second-order valence-corrected chi connectivity index (χ2v) is 6.12. The van der Waals surface area contributed by atoms with Crippen LogP contribution in [0, 0.1) is 0 Å². The summed E-state index contributed by atoms with van der Waals surface area (Å²) in [5.74, 6) is 0.182. The van der Waals surface area contributed by atoms with Gasteiger partial charge in [-0.05, 0) is 18.2 Å². The molecule has 0 aliphatic carbocycles. The minimum atomic E-state index is -0.721. The molecule has 4 rings (SSSR count). The number of aromatic nitrogens is 4. The van der Waals surface area contributed by atoms with Gasteiger partial charge < -0.3 is 19.6 Å². The summed E-state index contributed by atoms with van der Waals surface area (Å²) >= 11 is 0. The molecule has 9 nitrogen and oxygen atoms in total. The van der Waals surface area contributed by atoms with E-state index < -0.39 is 5.54 Å². The van der Waals surface area contributed by atoms with Crippen LogP contribution in [0.2, 0.25) is 0 Å². The van der Waals surface area contributed by atoms with Crippen LogP contribution in [0.1, 0.15) is 29.0 Å². The molecule has 2 aromatic heterocycles. The standard InChI is InChI=1S/C16H17N5O4/c1-21-12-8-10(2-3-11(12)18-15(21)23)13(22)19-16(4-6-24-7-5-16)14-17-9-25-20-14/h2-3,8-9H,4-7H2,1H3,(H,18,23)(H,19,22). The maximum absolute atomic E-state index is 12.8. The Morgan fingerprint density at radius 3 is 2.88 bits per heavy atom. The number of aryl methyl sites for hydroxylation is 1. The zero-order valence-corrected chi connectivity index (χ0v) is 13.6. The minimum Gasteiger partial charge on any atom is -0.381 e. The van der Waals surface area contributed by atoms with E-state index in [1.807, 2.05) is 0 Å². The quantitative estimate of drug-likeness (QED) is 0.723. The zero-order chi connectivity index (χ0) is 17.4. The predicted molar refractivity (Wildman–Crippen MR) is 87.0 cm³/mol. The smallest absolute Gasteiger partial charge is 0.326 e. The molecule has 25 heavy (non-hydrogen) atoms. The van der Waals surface area contributed by atoms with Gasteiger partial charge in [-0.25, -0.2) is 4.79 Å². The van der Waals surface area contributed by atoms with E-state index in [9.17, 15) is 9.59 Å². The second-order valence-electron chi connectivity index (χ2n) is 6.12. The fourth-order valence-electron chi connectivity index (χ4n) is 3.16. The first-order chi connectivity index (χ1) is 12.1. The van der Waals surface area contributed by atoms with Gasteiger partial charge in [0.25, 0.3) is 5.91 Å². The number of benzene rings is 1. The van der Waals surface area contributed by atoms with Crippen molar-refractivity contribution in [2.45, 2.75) is 18.4 Å². The van der Waals surface area contributed by atoms with Crippen LogP contribution in [-0.4, -0.2) is 38.8 Å². The number of fused-ring (bicyclic) bond motifs is 1. The Morgan fingerprint density at radius 1 is 1.36 bits per heavy atom. The number of carbonyl (C=O) groups is 1. The minimum absolute atomic E-state index is 0.222. The molecular weight excluding hydrogens is 326 g/mol. The van der Waals surface area contributed by atoms with E-state index in [2.05, 4.69) is 20.4 Å². The van der Waals surface area contributed by atoms with Gasteiger partial charge in [-0.3, -0.25) is 9.36 Å². The third kappa shape index (κ3) is 2.62. The lowest BCUT2D eigenvalue weighted by Crippen LogP contribution is -2.50. The largest absolute Gasteiger partial charge is 0.381 e. The molecule has 1 fully saturated rings. The predicted octanol–water partition coefficient (Wildman–Crippen LogP) is 0.685. The summed E-state index contributed by atoms with van der Waals surface area (Å²) in [5.41, 5.74) is 0.861. The first kappa shape index (κ1) is 15.6. The molecule has 0 spiro atoms. The van der Waals surface area contributed by atoms with Gasteiger partial charge in [0.05, 0.1) is 11.0 Å². The lowest BCUT2D eigenvalue weighted by molar-refractivity contribution is 0.0306. The van der Waals surface area contributed by atoms with E-state index in [4.69, 9.17) is 9.26 Å². The highest BCUT2D eigenvalue weighted by atomic mass is 16.5. The third-order valence-electron chi connectivity index (χ3n) is 4.66. The van der Waals surface area contributed by atoms with E-state index >= 15 is 0 Å². The van der Waals surface area contributed by atoms with Crippen molar-refractivity contribution in [3.63, 3.8) is 0 Å². The monoisotopic (exact) mass is 343 g/mol. The number of aromatic amines is 1. The summed E-state index contributed by atoms with van der Waals surface area (Å²) in [7, 11) is 1.65. The summed E-state index contributed by atoms with van der Waals surface area (Å²) < 4.78 is 11.7. The molecule has 9 heteroatoms. The number of nitrogens with zero attached hydrogens (tertiary/aromatic N) is 3. The van der Waals surface area contributed by atoms with Crippen LogP contribution in [0.3, 0.4) is 0 Å². The van der Waals surface area contributed by atoms with E-state index in [0.29, 0.717) is 48.5 Å². The fraction of sp³-hybridized carbons (Fsp3) is 0.375. The maximum Gasteiger partial charge on any atom is 0.326 e. The van der Waals surface area contributed by atoms with Gasteiger partial charge in [-0.1, -0.05) is 5.16 Å². The average Bonchev–Trinajstić information content (AvgIpc) is 3.25. The van der Waals surface area contributed by atoms with Crippen LogP contribution in [0.15, 0.2) is 33.9 Å². The molecule has 0 bridgehead atoms. The molecule has 1 aliphatic heterocycles. The average molecular weight is 343 g/mol. The van der Waals surface area contributed by atoms with Crippen molar-refractivity contribution in [3.8, 4) is 0 Å². The van der Waals surface area contributed by atoms with Gasteiger partial charge in [0.15, 0.2) is 5.82 Å². The second kappa shape index (κ2) is 5.85. The van der Waals surface area contributed by atoms with Gasteiger partial charge in [0, 0.05) is 38.7 Å². The Kier molecular flexibility index (Phi) is 3.65. The van der Waals surface area contributed by atoms with Crippen LogP contribution >= 0.6 is 0 Å². The van der Waals surface area contributed by atoms with Crippen molar-refractivity contribution in [3.05, 3.63) is 46.5 Å². The van der Waals surface area contributed by atoms with E-state index in [1.165, 1.54) is 11.0 Å². The summed E-state index contributed by atoms with van der Waals surface area (Å²) in [6.07, 6.45) is 2.37. The summed E-state index contributed by atoms with van der Waals surface area (Å²) in [6.45, 7) is 1.00. The summed E-state index contributed by atoms with van der Waals surface area (Å²) in [5, 5.41) is 6.96. The number of nitrogens with one attached hydrogen (secondary N) is 2. The van der Waals surface area contributed by atoms with Gasteiger partial charge in [0.1, 0.15) is 5.54 Å². The van der Waals surface area contributed by atoms with Crippen molar-refractivity contribution >= 4 is 16.9 Å². The molecule has 2 N–H and O–H groups in total. The molecule has 1 saturated heterocycles. The third-order valence-corrected chi connectivity index (χ3v) is 4.66. The van der Waals surface area contributed by atoms with Gasteiger partial charge in [-0.15, -0.1) is 0 Å². The molecule has 0 radical (unpaired) electrons. The van der Waals surface area contributed by atoms with Crippen molar-refractivity contribution in [2.24, 2.45) is 7.05 Å². The number of hydrogen-bond acceptors (Lipinski definition) is 6. The first-order valence-electron chi connectivity index (χ1n) is 7.95. The van der Waals surface area contributed by atoms with Crippen molar-refractivity contribution < 1.29 is 14.1 Å². The molecule has 3 heterocycles. The summed E-state index contributed by atoms with van der Waals surface area (Å²) in [6, 6.07) is 5.08. The first-order valence-corrected chi connectivity index (χ1v) is 7.95. The van der Waals surface area contributed by atoms with Crippen LogP contribution < -0.4 is 11.0 Å². The van der Waals surface area contributed by atoms with Crippen molar-refractivity contribution in [1.29, 1.82) is 0 Å². The molecule has 1 aromatic carbocycles. The normalized spacial score (nSPS) is 16.8. The Balaban J connectivity index is 1.68. The van der Waals surface area contributed by atoms with Crippen molar-refractivity contribution in [1.82, 2.24) is 25.0 Å². The number of hydrogen-bond donors (Lipinski definition) is 2. The molecule has 0 atom stereocenters. The summed E-state index contributed by atoms with van der Waals surface area (Å²) in [4.78, 5) is 31.4. The number of carbonyl (C=O) groups excluding carboxylic acids is 1. The van der Waals surface area contributed by atoms with Gasteiger partial charge in [-0.2, -0.15) is 4.98 Å². The number of rotatable bonds is 3. The highest BCUT2D eigenvalue weighted by Crippen LogP contribution is 2.30. The highest BCUT2D eigenvalue weighted by Gasteiger charge is 2.40. The Morgan fingerprint density at radius 2 is 2.16 bits per heavy atom. The van der Waals surface area contributed by atoms with Gasteiger partial charge >= 0.3 is 5.69 Å². The molecule has 0 unspecified atom stereocenters. The number of H-pyrrole nitrogens is 1. The Hall–Kier alpha value is -2.94. The van der Waals surface area contributed by atoms with Crippen molar-refractivity contribution in [2.75, 3.05) is 13.2 Å².